The molecule has 0 aliphatic heterocycles. The van der Waals surface area contributed by atoms with E-state index in [4.69, 9.17) is 4.84 Å². The second-order valence-electron chi connectivity index (χ2n) is 4.23. The molecule has 3 N–H and O–H groups in total. The molecule has 5 heteroatoms. The Hall–Kier alpha value is -1.62. The molecule has 0 fully saturated rings. The van der Waals surface area contributed by atoms with Gasteiger partial charge < -0.3 is 15.4 Å². The van der Waals surface area contributed by atoms with Crippen LogP contribution in [0.5, 0.6) is 0 Å². The number of oxime groups is 1. The number of carbonyl (C=O) groups is 1. The predicted octanol–water partition coefficient (Wildman–Crippen LogP) is 1.94. The maximum absolute atomic E-state index is 11.9. The van der Waals surface area contributed by atoms with Crippen LogP contribution in [-0.2, 0) is 9.63 Å². The van der Waals surface area contributed by atoms with Crippen molar-refractivity contribution in [1.29, 1.82) is 0 Å². The van der Waals surface area contributed by atoms with Gasteiger partial charge in [0, 0.05) is 12.8 Å². The number of ketones is 1. The van der Waals surface area contributed by atoms with E-state index in [2.05, 4.69) is 11.7 Å². The van der Waals surface area contributed by atoms with Gasteiger partial charge in [-0.05, 0) is 12.3 Å². The van der Waals surface area contributed by atoms with Crippen LogP contribution in [0.4, 0.5) is 0 Å². The zero-order valence-electron chi connectivity index (χ0n) is 10.9. The van der Waals surface area contributed by atoms with E-state index in [-0.39, 0.29) is 22.9 Å². The third kappa shape index (κ3) is 4.00. The average Bonchev–Trinajstić information content (AvgIpc) is 2.25. The molecule has 1 rings (SSSR count). The van der Waals surface area contributed by atoms with E-state index in [0.29, 0.717) is 37.2 Å². The second-order valence-corrected chi connectivity index (χ2v) is 4.23. The van der Waals surface area contributed by atoms with Crippen LogP contribution in [0, 0.1) is 5.92 Å². The third-order valence-corrected chi connectivity index (χ3v) is 2.63. The van der Waals surface area contributed by atoms with Crippen molar-refractivity contribution in [2.45, 2.75) is 33.1 Å². The first-order valence-electron chi connectivity index (χ1n) is 5.85. The van der Waals surface area contributed by atoms with Crippen LogP contribution in [0.2, 0.25) is 0 Å². The number of aliphatic hydroxyl groups is 1. The Labute approximate surface area is 107 Å². The molecule has 0 bridgehead atoms. The second kappa shape index (κ2) is 7.66. The van der Waals surface area contributed by atoms with Gasteiger partial charge in [0.05, 0.1) is 11.3 Å². The predicted molar refractivity (Wildman–Crippen MR) is 70.5 cm³/mol. The molecule has 5 nitrogen and oxygen atoms in total. The van der Waals surface area contributed by atoms with Crippen molar-refractivity contribution in [3.05, 3.63) is 24.0 Å². The monoisotopic (exact) mass is 255 g/mol. The van der Waals surface area contributed by atoms with Crippen LogP contribution in [-0.4, -0.2) is 28.7 Å². The average molecular weight is 255 g/mol. The minimum absolute atomic E-state index is 0. The highest BCUT2D eigenvalue weighted by Crippen LogP contribution is 2.26. The number of carbonyl (C=O) groups excluding carboxylic acids is 1. The van der Waals surface area contributed by atoms with Gasteiger partial charge in [-0.1, -0.05) is 31.7 Å². The fourth-order valence-corrected chi connectivity index (χ4v) is 1.87. The molecule has 0 spiro atoms. The lowest BCUT2D eigenvalue weighted by atomic mass is 9.86. The van der Waals surface area contributed by atoms with Crippen molar-refractivity contribution in [2.75, 3.05) is 6.61 Å². The van der Waals surface area contributed by atoms with Crippen molar-refractivity contribution in [3.8, 4) is 0 Å². The summed E-state index contributed by atoms with van der Waals surface area (Å²) in [6, 6.07) is 0. The van der Waals surface area contributed by atoms with Gasteiger partial charge in [0.2, 0.25) is 0 Å². The van der Waals surface area contributed by atoms with Crippen LogP contribution in [0.15, 0.2) is 29.1 Å². The number of allylic oxidation sites excluding steroid dienone is 2. The van der Waals surface area contributed by atoms with Gasteiger partial charge in [-0.2, -0.15) is 0 Å². The van der Waals surface area contributed by atoms with Gasteiger partial charge in [0.25, 0.3) is 0 Å². The van der Waals surface area contributed by atoms with Gasteiger partial charge in [-0.15, -0.1) is 0 Å². The third-order valence-electron chi connectivity index (χ3n) is 2.63. The van der Waals surface area contributed by atoms with Gasteiger partial charge in [0.1, 0.15) is 12.4 Å². The Balaban J connectivity index is 0.00000289. The number of hydrogen-bond donors (Lipinski definition) is 1. The molecule has 18 heavy (non-hydrogen) atoms. The standard InChI is InChI=1S/C13H19NO3.H2O/c1-4-6-17-14-10(5-2)13-11(15)7-9(3)8-12(13)16;/h4,9,15H,1,5-8H2,2-3H3;1H2. The largest absolute Gasteiger partial charge is 0.511 e. The number of Topliss-reactive ketones (excluding diaryl/α,β-unsaturated/α-hetero) is 1. The van der Waals surface area contributed by atoms with E-state index in [1.54, 1.807) is 6.08 Å². The van der Waals surface area contributed by atoms with E-state index in [1.165, 1.54) is 0 Å². The molecule has 1 unspecified atom stereocenters. The highest BCUT2D eigenvalue weighted by Gasteiger charge is 2.28. The fraction of sp³-hybridized carbons (Fsp3) is 0.538. The molecular formula is C13H21NO4. The molecule has 1 aliphatic rings. The lowest BCUT2D eigenvalue weighted by Gasteiger charge is -2.20. The minimum Gasteiger partial charge on any atom is -0.511 e. The van der Waals surface area contributed by atoms with E-state index < -0.39 is 0 Å². The van der Waals surface area contributed by atoms with Crippen molar-refractivity contribution in [1.82, 2.24) is 0 Å². The molecule has 0 aromatic carbocycles. The van der Waals surface area contributed by atoms with E-state index in [9.17, 15) is 9.90 Å². The van der Waals surface area contributed by atoms with Crippen LogP contribution in [0.3, 0.4) is 0 Å². The Morgan fingerprint density at radius 2 is 2.28 bits per heavy atom. The maximum atomic E-state index is 11.9. The lowest BCUT2D eigenvalue weighted by molar-refractivity contribution is -0.116. The number of nitrogens with zero attached hydrogens (tertiary/aromatic N) is 1. The van der Waals surface area contributed by atoms with Gasteiger partial charge >= 0.3 is 0 Å². The topological polar surface area (TPSA) is 90.4 Å². The summed E-state index contributed by atoms with van der Waals surface area (Å²) in [6.07, 6.45) is 3.12. The lowest BCUT2D eigenvalue weighted by Crippen LogP contribution is -2.23. The van der Waals surface area contributed by atoms with Gasteiger partial charge in [0.15, 0.2) is 5.78 Å². The Bertz CT molecular complexity index is 371. The summed E-state index contributed by atoms with van der Waals surface area (Å²) in [5.74, 6) is 0.277. The Kier molecular flexibility index (Phi) is 6.97. The first-order valence-corrected chi connectivity index (χ1v) is 5.85. The normalized spacial score (nSPS) is 20.4. The molecule has 0 aromatic heterocycles. The molecule has 0 amide bonds. The number of aliphatic hydroxyl groups excluding tert-OH is 1. The molecule has 102 valence electrons. The molecule has 0 radical (unpaired) electrons. The SMILES string of the molecule is C=CCON=C(CC)C1=C(O)CC(C)CC1=O.O. The molecule has 1 aliphatic carbocycles. The van der Waals surface area contributed by atoms with Gasteiger partial charge in [-0.3, -0.25) is 4.79 Å². The van der Waals surface area contributed by atoms with Crippen LogP contribution in [0.1, 0.15) is 33.1 Å². The minimum atomic E-state index is -0.0518. The molecule has 0 heterocycles. The Morgan fingerprint density at radius 1 is 1.61 bits per heavy atom. The summed E-state index contributed by atoms with van der Waals surface area (Å²) in [7, 11) is 0. The van der Waals surface area contributed by atoms with Crippen molar-refractivity contribution < 1.29 is 20.2 Å². The molecule has 0 saturated carbocycles. The zero-order valence-corrected chi connectivity index (χ0v) is 10.9. The summed E-state index contributed by atoms with van der Waals surface area (Å²) in [5.41, 5.74) is 0.857. The zero-order chi connectivity index (χ0) is 12.8. The summed E-state index contributed by atoms with van der Waals surface area (Å²) in [4.78, 5) is 16.9. The van der Waals surface area contributed by atoms with E-state index in [1.807, 2.05) is 13.8 Å². The molecule has 1 atom stereocenters. The summed E-state index contributed by atoms with van der Waals surface area (Å²) in [6.45, 7) is 7.63. The summed E-state index contributed by atoms with van der Waals surface area (Å²) in [5, 5.41) is 13.8. The number of rotatable bonds is 5. The molecule has 0 saturated heterocycles. The summed E-state index contributed by atoms with van der Waals surface area (Å²) < 4.78 is 0. The quantitative estimate of drug-likeness (QED) is 0.352. The van der Waals surface area contributed by atoms with Gasteiger partial charge in [-0.25, -0.2) is 0 Å². The number of hydrogen-bond acceptors (Lipinski definition) is 4. The van der Waals surface area contributed by atoms with Crippen molar-refractivity contribution in [3.63, 3.8) is 0 Å². The van der Waals surface area contributed by atoms with Crippen LogP contribution < -0.4 is 0 Å². The Morgan fingerprint density at radius 3 is 2.78 bits per heavy atom. The fourth-order valence-electron chi connectivity index (χ4n) is 1.87. The van der Waals surface area contributed by atoms with Crippen LogP contribution >= 0.6 is 0 Å². The van der Waals surface area contributed by atoms with E-state index in [0.717, 1.165) is 0 Å². The van der Waals surface area contributed by atoms with Crippen LogP contribution in [0.25, 0.3) is 0 Å². The highest BCUT2D eigenvalue weighted by molar-refractivity contribution is 6.22. The molecular weight excluding hydrogens is 234 g/mol. The first kappa shape index (κ1) is 16.4. The molecule has 0 aromatic rings. The summed E-state index contributed by atoms with van der Waals surface area (Å²) >= 11 is 0. The maximum Gasteiger partial charge on any atom is 0.168 e. The van der Waals surface area contributed by atoms with E-state index >= 15 is 0 Å². The van der Waals surface area contributed by atoms with Crippen molar-refractivity contribution in [2.24, 2.45) is 11.1 Å². The smallest absolute Gasteiger partial charge is 0.168 e. The van der Waals surface area contributed by atoms with Crippen molar-refractivity contribution >= 4 is 11.5 Å². The first-order chi connectivity index (χ1) is 8.10. The highest BCUT2D eigenvalue weighted by atomic mass is 16.6.